The van der Waals surface area contributed by atoms with Gasteiger partial charge in [-0.3, -0.25) is 4.90 Å². The quantitative estimate of drug-likeness (QED) is 0.148. The molecule has 12 heteroatoms. The summed E-state index contributed by atoms with van der Waals surface area (Å²) in [6.07, 6.45) is 7.52. The third kappa shape index (κ3) is 7.68. The van der Waals surface area contributed by atoms with Crippen LogP contribution in [0.5, 0.6) is 11.6 Å². The number of fused-ring (bicyclic) bond motifs is 1. The number of rotatable bonds is 12. The lowest BCUT2D eigenvalue weighted by molar-refractivity contribution is -0.137. The van der Waals surface area contributed by atoms with Gasteiger partial charge in [-0.1, -0.05) is 6.07 Å². The van der Waals surface area contributed by atoms with E-state index >= 15 is 0 Å². The van der Waals surface area contributed by atoms with E-state index in [1.165, 1.54) is 12.1 Å². The Morgan fingerprint density at radius 3 is 2.76 bits per heavy atom. The highest BCUT2D eigenvalue weighted by atomic mass is 19.1. The molecule has 2 aromatic heterocycles. The molecule has 0 radical (unpaired) electrons. The number of hydrogen-bond acceptors (Lipinski definition) is 9. The Kier molecular flexibility index (Phi) is 9.84. The lowest BCUT2D eigenvalue weighted by Crippen LogP contribution is -2.44. The maximum absolute atomic E-state index is 13.9. The normalized spacial score (nSPS) is 20.1. The van der Waals surface area contributed by atoms with Gasteiger partial charge >= 0.3 is 5.97 Å². The highest BCUT2D eigenvalue weighted by molar-refractivity contribution is 5.88. The molecule has 0 spiro atoms. The van der Waals surface area contributed by atoms with Gasteiger partial charge in [-0.2, -0.15) is 4.98 Å². The molecule has 46 heavy (non-hydrogen) atoms. The van der Waals surface area contributed by atoms with Crippen LogP contribution in [0, 0.1) is 11.6 Å². The highest BCUT2D eigenvalue weighted by Crippen LogP contribution is 2.27. The van der Waals surface area contributed by atoms with Crippen molar-refractivity contribution in [2.24, 2.45) is 0 Å². The first-order valence-electron chi connectivity index (χ1n) is 15.6. The number of esters is 1. The van der Waals surface area contributed by atoms with E-state index in [9.17, 15) is 13.6 Å². The van der Waals surface area contributed by atoms with Crippen molar-refractivity contribution in [3.8, 4) is 11.6 Å². The Morgan fingerprint density at radius 1 is 1.13 bits per heavy atom. The molecule has 0 amide bonds. The van der Waals surface area contributed by atoms with E-state index in [0.29, 0.717) is 24.9 Å². The molecular formula is C34H37F2N5O5. The second-order valence-corrected chi connectivity index (χ2v) is 11.5. The number of imidazole rings is 1. The van der Waals surface area contributed by atoms with Gasteiger partial charge in [-0.15, -0.1) is 0 Å². The van der Waals surface area contributed by atoms with Gasteiger partial charge in [-0.05, 0) is 69.0 Å². The van der Waals surface area contributed by atoms with Crippen molar-refractivity contribution in [3.63, 3.8) is 0 Å². The summed E-state index contributed by atoms with van der Waals surface area (Å²) in [6.45, 7) is 7.22. The Morgan fingerprint density at radius 2 is 2.00 bits per heavy atom. The van der Waals surface area contributed by atoms with Crippen LogP contribution >= 0.6 is 0 Å². The Bertz CT molecular complexity index is 1710. The highest BCUT2D eigenvalue weighted by Gasteiger charge is 2.29. The standard InChI is InChI=1S/C34H37F2N5O5/c1-3-43-34(42)9-5-23-4-7-28-29(17-23)41(19-26-12-15-44-26)32(38-28)20-40-14-11-25(16-22(40)2)46-33-10-13-37-31(39-33)21-45-30-8-6-24(35)18-27(30)36/h4-10,13,17-18,22,25-26H,3,11-12,14-16,19-21H2,1-2H3/b9-5+/t22-,25?,26-/m0/s1. The minimum absolute atomic E-state index is 0.0413. The number of hydrogen-bond donors (Lipinski definition) is 0. The van der Waals surface area contributed by atoms with Crippen molar-refractivity contribution in [3.05, 3.63) is 83.6 Å². The fourth-order valence-corrected chi connectivity index (χ4v) is 5.73. The number of likely N-dealkylation sites (tertiary alicyclic amines) is 1. The smallest absolute Gasteiger partial charge is 0.330 e. The number of benzene rings is 2. The number of carbonyl (C=O) groups is 1. The molecule has 10 nitrogen and oxygen atoms in total. The summed E-state index contributed by atoms with van der Waals surface area (Å²) in [6, 6.07) is 11.1. The van der Waals surface area contributed by atoms with Crippen LogP contribution in [0.3, 0.4) is 0 Å². The molecule has 0 N–H and O–H groups in total. The van der Waals surface area contributed by atoms with Crippen LogP contribution in [0.4, 0.5) is 8.78 Å². The molecule has 2 aromatic carbocycles. The molecule has 0 saturated carbocycles. The van der Waals surface area contributed by atoms with Crippen molar-refractivity contribution in [1.82, 2.24) is 24.4 Å². The first-order chi connectivity index (χ1) is 22.3. The molecular weight excluding hydrogens is 596 g/mol. The average molecular weight is 634 g/mol. The second-order valence-electron chi connectivity index (χ2n) is 11.5. The molecule has 242 valence electrons. The van der Waals surface area contributed by atoms with Crippen molar-refractivity contribution in [1.29, 1.82) is 0 Å². The lowest BCUT2D eigenvalue weighted by atomic mass is 10.0. The van der Waals surface area contributed by atoms with E-state index in [4.69, 9.17) is 23.9 Å². The van der Waals surface area contributed by atoms with Gasteiger partial charge in [-0.25, -0.2) is 23.5 Å². The van der Waals surface area contributed by atoms with Crippen LogP contribution in [-0.2, 0) is 34.0 Å². The Balaban J connectivity index is 1.09. The molecule has 2 saturated heterocycles. The minimum atomic E-state index is -0.784. The summed E-state index contributed by atoms with van der Waals surface area (Å²) >= 11 is 0. The van der Waals surface area contributed by atoms with Crippen LogP contribution in [0.2, 0.25) is 0 Å². The maximum atomic E-state index is 13.9. The number of piperidine rings is 1. The fourth-order valence-electron chi connectivity index (χ4n) is 5.73. The molecule has 1 unspecified atom stereocenters. The first-order valence-corrected chi connectivity index (χ1v) is 15.6. The summed E-state index contributed by atoms with van der Waals surface area (Å²) in [4.78, 5) is 27.9. The molecule has 2 aliphatic heterocycles. The van der Waals surface area contributed by atoms with Crippen LogP contribution in [0.1, 0.15) is 50.3 Å². The molecule has 0 aliphatic carbocycles. The van der Waals surface area contributed by atoms with Crippen LogP contribution < -0.4 is 9.47 Å². The number of halogens is 2. The van der Waals surface area contributed by atoms with Gasteiger partial charge in [0.1, 0.15) is 24.4 Å². The third-order valence-electron chi connectivity index (χ3n) is 8.26. The van der Waals surface area contributed by atoms with Gasteiger partial charge < -0.3 is 23.5 Å². The molecule has 0 bridgehead atoms. The maximum Gasteiger partial charge on any atom is 0.330 e. The zero-order chi connectivity index (χ0) is 32.0. The van der Waals surface area contributed by atoms with E-state index in [0.717, 1.165) is 73.5 Å². The lowest BCUT2D eigenvalue weighted by Gasteiger charge is -2.37. The summed E-state index contributed by atoms with van der Waals surface area (Å²) in [5.74, 6) is -0.163. The van der Waals surface area contributed by atoms with E-state index in [1.54, 1.807) is 25.3 Å². The van der Waals surface area contributed by atoms with Crippen LogP contribution in [0.25, 0.3) is 17.1 Å². The Labute approximate surface area is 266 Å². The van der Waals surface area contributed by atoms with Gasteiger partial charge in [0.25, 0.3) is 0 Å². The SMILES string of the molecule is CCOC(=O)/C=C/c1ccc2nc(CN3CCC(Oc4ccnc(COc5ccc(F)cc5F)n4)C[C@@H]3C)n(C[C@@H]3CCO3)c2c1. The average Bonchev–Trinajstić information content (AvgIpc) is 3.35. The zero-order valence-electron chi connectivity index (χ0n) is 25.9. The summed E-state index contributed by atoms with van der Waals surface area (Å²) in [5, 5.41) is 0. The second kappa shape index (κ2) is 14.3. The molecule has 3 atom stereocenters. The largest absolute Gasteiger partial charge is 0.483 e. The Hall–Kier alpha value is -4.42. The summed E-state index contributed by atoms with van der Waals surface area (Å²) in [5.41, 5.74) is 2.81. The van der Waals surface area contributed by atoms with Crippen molar-refractivity contribution < 1.29 is 32.5 Å². The van der Waals surface area contributed by atoms with Gasteiger partial charge in [0, 0.05) is 43.6 Å². The topological polar surface area (TPSA) is 101 Å². The van der Waals surface area contributed by atoms with E-state index in [2.05, 4.69) is 32.4 Å². The third-order valence-corrected chi connectivity index (χ3v) is 8.26. The first kappa shape index (κ1) is 31.6. The summed E-state index contributed by atoms with van der Waals surface area (Å²) in [7, 11) is 0. The molecule has 2 fully saturated rings. The predicted molar refractivity (Wildman–Crippen MR) is 166 cm³/mol. The zero-order valence-corrected chi connectivity index (χ0v) is 25.9. The monoisotopic (exact) mass is 633 g/mol. The van der Waals surface area contributed by atoms with Gasteiger partial charge in [0.2, 0.25) is 5.88 Å². The predicted octanol–water partition coefficient (Wildman–Crippen LogP) is 5.48. The van der Waals surface area contributed by atoms with E-state index < -0.39 is 11.6 Å². The summed E-state index contributed by atoms with van der Waals surface area (Å²) < 4.78 is 51.8. The van der Waals surface area contributed by atoms with Crippen molar-refractivity contribution in [2.75, 3.05) is 19.8 Å². The number of carbonyl (C=O) groups excluding carboxylic acids is 1. The molecule has 6 rings (SSSR count). The van der Waals surface area contributed by atoms with E-state index in [1.807, 2.05) is 12.1 Å². The number of aromatic nitrogens is 4. The minimum Gasteiger partial charge on any atom is -0.483 e. The fraction of sp³-hybridized carbons (Fsp3) is 0.412. The molecule has 2 aliphatic rings. The number of ether oxygens (including phenoxy) is 4. The van der Waals surface area contributed by atoms with Gasteiger partial charge in [0.15, 0.2) is 17.4 Å². The van der Waals surface area contributed by atoms with Crippen LogP contribution in [0.15, 0.2) is 54.7 Å². The number of nitrogens with zero attached hydrogens (tertiary/aromatic N) is 5. The molecule has 4 aromatic rings. The molecule has 4 heterocycles. The van der Waals surface area contributed by atoms with Gasteiger partial charge in [0.05, 0.1) is 36.8 Å². The van der Waals surface area contributed by atoms with E-state index in [-0.39, 0.29) is 36.6 Å². The van der Waals surface area contributed by atoms with Crippen LogP contribution in [-0.4, -0.2) is 68.4 Å². The van der Waals surface area contributed by atoms with Crippen molar-refractivity contribution >= 4 is 23.1 Å². The van der Waals surface area contributed by atoms with Crippen molar-refractivity contribution in [2.45, 2.75) is 71.1 Å².